The number of amides is 1. The van der Waals surface area contributed by atoms with Gasteiger partial charge < -0.3 is 29.6 Å². The summed E-state index contributed by atoms with van der Waals surface area (Å²) < 4.78 is 37.0. The van der Waals surface area contributed by atoms with Gasteiger partial charge in [-0.3, -0.25) is 4.79 Å². The number of carboxylic acids is 1. The van der Waals surface area contributed by atoms with Gasteiger partial charge in [0.05, 0.1) is 38.9 Å². The summed E-state index contributed by atoms with van der Waals surface area (Å²) in [5.74, 6) is -1.83. The van der Waals surface area contributed by atoms with Gasteiger partial charge in [0.15, 0.2) is 6.54 Å². The number of unbranched alkanes of at least 4 members (excludes halogenated alkanes) is 1. The highest BCUT2D eigenvalue weighted by Crippen LogP contribution is 2.48. The summed E-state index contributed by atoms with van der Waals surface area (Å²) in [5.41, 5.74) is 3.60. The first-order valence-corrected chi connectivity index (χ1v) is 20.1. The topological polar surface area (TPSA) is 137 Å². The van der Waals surface area contributed by atoms with Crippen LogP contribution < -0.4 is 24.8 Å². The maximum absolute atomic E-state index is 12.8. The fourth-order valence-electron chi connectivity index (χ4n) is 5.67. The van der Waals surface area contributed by atoms with E-state index in [4.69, 9.17) is 23.2 Å². The number of nitrogens with one attached hydrogen (secondary N) is 1. The molecule has 3 aromatic carbocycles. The van der Waals surface area contributed by atoms with Gasteiger partial charge in [0, 0.05) is 64.9 Å². The smallest absolute Gasteiger partial charge is 0.265 e. The molecular weight excluding hydrogens is 740 g/mol. The number of carboxylic acid groups (broad SMARTS) is 1. The first kappa shape index (κ1) is 37.9. The molecule has 0 saturated carbocycles. The Morgan fingerprint density at radius 3 is 2.48 bits per heavy atom. The van der Waals surface area contributed by atoms with Crippen molar-refractivity contribution in [1.82, 2.24) is 5.32 Å². The number of rotatable bonds is 16. The predicted molar refractivity (Wildman–Crippen MR) is 199 cm³/mol. The van der Waals surface area contributed by atoms with E-state index in [1.165, 1.54) is 0 Å². The number of halogens is 2. The van der Waals surface area contributed by atoms with Gasteiger partial charge in [-0.1, -0.05) is 64.0 Å². The van der Waals surface area contributed by atoms with Crippen LogP contribution in [-0.4, -0.2) is 56.3 Å². The molecule has 0 bridgehead atoms. The normalized spacial score (nSPS) is 14.3. The van der Waals surface area contributed by atoms with Crippen molar-refractivity contribution in [2.75, 3.05) is 35.2 Å². The quantitative estimate of drug-likeness (QED) is 0.0879. The zero-order valence-corrected chi connectivity index (χ0v) is 31.5. The molecule has 0 spiro atoms. The fourth-order valence-corrected chi connectivity index (χ4v) is 8.77. The minimum absolute atomic E-state index is 0.133. The number of fused-ring (bicyclic) bond motifs is 2. The number of aliphatic carboxylic acids is 1. The first-order chi connectivity index (χ1) is 23.8. The van der Waals surface area contributed by atoms with Crippen LogP contribution in [0.1, 0.15) is 43.2 Å². The molecule has 1 aliphatic rings. The standard InChI is InChI=1S/C35H38Cl2N4O6S3/c1-23-6-10-27(11-7-23)39(24(2)35(43)44)18-14-32(42)38-15-3-4-16-40-28-20-25(36)8-12-30(28)48-33(40)22-34-41(17-5-19-50(45,46)47)29-21-26(37)9-13-31(29)49-34/h6-13,20-22,24H,3-5,14-19H2,1-2H3,(H2-,38,42,43,44,45,46,47)/p-1. The van der Waals surface area contributed by atoms with Crippen LogP contribution in [0, 0.1) is 6.92 Å². The minimum atomic E-state index is -4.35. The van der Waals surface area contributed by atoms with Crippen LogP contribution in [-0.2, 0) is 26.3 Å². The lowest BCUT2D eigenvalue weighted by molar-refractivity contribution is -0.668. The Balaban J connectivity index is 1.24. The lowest BCUT2D eigenvalue weighted by Gasteiger charge is -2.32. The highest BCUT2D eigenvalue weighted by molar-refractivity contribution is 8.03. The number of hydrogen-bond acceptors (Lipinski definition) is 10. The maximum Gasteiger partial charge on any atom is 0.265 e. The molecule has 0 radical (unpaired) electrons. The van der Waals surface area contributed by atoms with Crippen LogP contribution in [0.5, 0.6) is 0 Å². The van der Waals surface area contributed by atoms with E-state index in [1.54, 1.807) is 34.9 Å². The molecule has 0 saturated heterocycles. The number of aromatic nitrogens is 1. The lowest BCUT2D eigenvalue weighted by atomic mass is 10.1. The van der Waals surface area contributed by atoms with E-state index in [2.05, 4.69) is 16.3 Å². The minimum Gasteiger partial charge on any atom is -0.748 e. The Morgan fingerprint density at radius 2 is 1.76 bits per heavy atom. The number of nitrogens with zero attached hydrogens (tertiary/aromatic N) is 3. The van der Waals surface area contributed by atoms with Gasteiger partial charge >= 0.3 is 0 Å². The highest BCUT2D eigenvalue weighted by atomic mass is 35.5. The Kier molecular flexibility index (Phi) is 12.7. The molecule has 1 unspecified atom stereocenters. The number of thioether (sulfide) groups is 1. The van der Waals surface area contributed by atoms with Crippen molar-refractivity contribution in [2.45, 2.75) is 57.0 Å². The van der Waals surface area contributed by atoms with Gasteiger partial charge in [0.2, 0.25) is 11.4 Å². The van der Waals surface area contributed by atoms with Gasteiger partial charge in [-0.15, -0.1) is 0 Å². The molecule has 0 fully saturated rings. The highest BCUT2D eigenvalue weighted by Gasteiger charge is 2.28. The van der Waals surface area contributed by atoms with Gasteiger partial charge in [-0.05, 0) is 69.2 Å². The molecule has 15 heteroatoms. The summed E-state index contributed by atoms with van der Waals surface area (Å²) in [6.07, 6.45) is 3.83. The van der Waals surface area contributed by atoms with Gasteiger partial charge in [0.1, 0.15) is 4.70 Å². The molecule has 4 aromatic rings. The molecular formula is C35H37Cl2N4O6S3-. The maximum atomic E-state index is 12.8. The molecule has 2 heterocycles. The summed E-state index contributed by atoms with van der Waals surface area (Å²) in [6.45, 7) is 5.18. The fraction of sp³-hybridized carbons (Fsp3) is 0.343. The van der Waals surface area contributed by atoms with Crippen molar-refractivity contribution < 1.29 is 32.2 Å². The largest absolute Gasteiger partial charge is 0.748 e. The van der Waals surface area contributed by atoms with Crippen LogP contribution >= 0.6 is 46.3 Å². The van der Waals surface area contributed by atoms with Gasteiger partial charge in [0.25, 0.3) is 5.01 Å². The Morgan fingerprint density at radius 1 is 1.04 bits per heavy atom. The number of hydrogen-bond donors (Lipinski definition) is 1. The van der Waals surface area contributed by atoms with Gasteiger partial charge in [-0.25, -0.2) is 8.42 Å². The van der Waals surface area contributed by atoms with Crippen molar-refractivity contribution in [3.05, 3.63) is 86.3 Å². The first-order valence-electron chi connectivity index (χ1n) is 16.1. The zero-order valence-electron chi connectivity index (χ0n) is 27.6. The number of aryl methyl sites for hydroxylation is 2. The number of thiazole rings is 1. The molecule has 1 atom stereocenters. The van der Waals surface area contributed by atoms with E-state index in [9.17, 15) is 27.7 Å². The third-order valence-corrected chi connectivity index (χ3v) is 11.8. The van der Waals surface area contributed by atoms with Crippen molar-refractivity contribution in [3.63, 3.8) is 0 Å². The van der Waals surface area contributed by atoms with Crippen molar-refractivity contribution in [2.24, 2.45) is 0 Å². The number of benzene rings is 3. The van der Waals surface area contributed by atoms with Crippen molar-refractivity contribution >= 4 is 96.0 Å². The second-order valence-corrected chi connectivity index (χ2v) is 16.5. The monoisotopic (exact) mass is 775 g/mol. The number of anilines is 2. The number of carbonyl (C=O) groups is 2. The van der Waals surface area contributed by atoms with Crippen LogP contribution in [0.25, 0.3) is 16.3 Å². The second kappa shape index (κ2) is 16.8. The van der Waals surface area contributed by atoms with Gasteiger partial charge in [-0.2, -0.15) is 4.57 Å². The average Bonchev–Trinajstić information content (AvgIpc) is 3.57. The SMILES string of the molecule is Cc1ccc(N(CCC(=O)NCCCCN2/C(=C/c3sc4ccc(Cl)cc4[n+]3CCCS(=O)(=O)[O-])Sc3ccc(Cl)cc32)C(C)C(=O)[O-])cc1. The Hall–Kier alpha value is -3.33. The molecule has 1 aliphatic heterocycles. The van der Waals surface area contributed by atoms with E-state index in [0.29, 0.717) is 41.8 Å². The van der Waals surface area contributed by atoms with E-state index >= 15 is 0 Å². The van der Waals surface area contributed by atoms with E-state index in [1.807, 2.05) is 72.2 Å². The molecule has 50 heavy (non-hydrogen) atoms. The zero-order chi connectivity index (χ0) is 36.0. The average molecular weight is 777 g/mol. The van der Waals surface area contributed by atoms with Crippen LogP contribution in [0.4, 0.5) is 11.4 Å². The molecule has 0 aliphatic carbocycles. The third kappa shape index (κ3) is 9.92. The summed E-state index contributed by atoms with van der Waals surface area (Å²) >= 11 is 15.9. The summed E-state index contributed by atoms with van der Waals surface area (Å²) in [7, 11) is -4.35. The Bertz CT molecular complexity index is 2000. The third-order valence-electron chi connectivity index (χ3n) is 8.29. The molecule has 5 rings (SSSR count). The van der Waals surface area contributed by atoms with Crippen molar-refractivity contribution in [3.8, 4) is 0 Å². The lowest BCUT2D eigenvalue weighted by Crippen LogP contribution is -2.47. The molecule has 1 N–H and O–H groups in total. The molecule has 1 amide bonds. The Labute approximate surface area is 310 Å². The van der Waals surface area contributed by atoms with Crippen LogP contribution in [0.3, 0.4) is 0 Å². The van der Waals surface area contributed by atoms with Crippen molar-refractivity contribution in [1.29, 1.82) is 0 Å². The van der Waals surface area contributed by atoms with Crippen LogP contribution in [0.15, 0.2) is 70.6 Å². The molecule has 10 nitrogen and oxygen atoms in total. The predicted octanol–water partition coefficient (Wildman–Crippen LogP) is 5.58. The second-order valence-electron chi connectivity index (χ2n) is 12.0. The molecule has 1 aromatic heterocycles. The summed E-state index contributed by atoms with van der Waals surface area (Å²) in [6, 6.07) is 17.9. The summed E-state index contributed by atoms with van der Waals surface area (Å²) in [4.78, 5) is 29.3. The van der Waals surface area contributed by atoms with E-state index in [0.717, 1.165) is 42.8 Å². The summed E-state index contributed by atoms with van der Waals surface area (Å²) in [5, 5.41) is 17.6. The van der Waals surface area contributed by atoms with E-state index in [-0.39, 0.29) is 25.3 Å². The number of carbonyl (C=O) groups excluding carboxylic acids is 2. The van der Waals surface area contributed by atoms with E-state index < -0.39 is 27.9 Å². The molecule has 266 valence electrons. The van der Waals surface area contributed by atoms with Crippen LogP contribution in [0.2, 0.25) is 10.0 Å².